The highest BCUT2D eigenvalue weighted by molar-refractivity contribution is 7.89. The number of fused-ring (bicyclic) bond motifs is 1. The molecule has 7 nitrogen and oxygen atoms in total. The zero-order chi connectivity index (χ0) is 20.6. The Hall–Kier alpha value is -2.31. The Kier molecular flexibility index (Phi) is 5.17. The van der Waals surface area contributed by atoms with Crippen LogP contribution < -0.4 is 4.74 Å². The van der Waals surface area contributed by atoms with Crippen LogP contribution in [0.15, 0.2) is 41.3 Å². The summed E-state index contributed by atoms with van der Waals surface area (Å²) in [6, 6.07) is 8.24. The topological polar surface area (TPSA) is 85.3 Å². The van der Waals surface area contributed by atoms with Crippen LogP contribution in [0, 0.1) is 5.92 Å². The number of hydrogen-bond donors (Lipinski definition) is 0. The van der Waals surface area contributed by atoms with Gasteiger partial charge in [0.25, 0.3) is 0 Å². The van der Waals surface area contributed by atoms with E-state index in [4.69, 9.17) is 4.74 Å². The van der Waals surface area contributed by atoms with Gasteiger partial charge in [0.15, 0.2) is 0 Å². The van der Waals surface area contributed by atoms with Crippen molar-refractivity contribution in [1.82, 2.24) is 18.0 Å². The molecule has 154 valence electrons. The largest absolute Gasteiger partial charge is 0.477 e. The van der Waals surface area contributed by atoms with E-state index < -0.39 is 21.9 Å². The Labute approximate surface area is 168 Å². The van der Waals surface area contributed by atoms with E-state index in [0.717, 1.165) is 17.8 Å². The summed E-state index contributed by atoms with van der Waals surface area (Å²) in [5.41, 5.74) is -0.174. The SMILES string of the molecule is O=S(=O)(c1cccc2nsnc12)N1CCC(COc2cccc(C(F)(F)F)n2)C1. The van der Waals surface area contributed by atoms with Crippen molar-refractivity contribution in [1.29, 1.82) is 0 Å². The summed E-state index contributed by atoms with van der Waals surface area (Å²) in [6.45, 7) is 0.568. The van der Waals surface area contributed by atoms with Gasteiger partial charge in [-0.15, -0.1) is 0 Å². The quantitative estimate of drug-likeness (QED) is 0.601. The molecule has 0 amide bonds. The third-order valence-corrected chi connectivity index (χ3v) is 7.04. The molecule has 1 saturated heterocycles. The molecule has 0 aliphatic carbocycles. The number of alkyl halides is 3. The minimum Gasteiger partial charge on any atom is -0.477 e. The van der Waals surface area contributed by atoms with E-state index in [9.17, 15) is 21.6 Å². The Bertz CT molecular complexity index is 1130. The van der Waals surface area contributed by atoms with E-state index >= 15 is 0 Å². The molecule has 12 heteroatoms. The van der Waals surface area contributed by atoms with Crippen LogP contribution in [-0.4, -0.2) is 46.2 Å². The molecule has 1 aliphatic heterocycles. The van der Waals surface area contributed by atoms with Crippen LogP contribution in [0.25, 0.3) is 11.0 Å². The average Bonchev–Trinajstić information content (AvgIpc) is 3.35. The van der Waals surface area contributed by atoms with Crippen LogP contribution in [0.5, 0.6) is 5.88 Å². The molecule has 3 aromatic rings. The molecule has 1 atom stereocenters. The Balaban J connectivity index is 1.44. The Morgan fingerprint density at radius 1 is 1.17 bits per heavy atom. The molecule has 0 radical (unpaired) electrons. The van der Waals surface area contributed by atoms with Gasteiger partial charge in [0.1, 0.15) is 21.6 Å². The van der Waals surface area contributed by atoms with Gasteiger partial charge in [-0.25, -0.2) is 13.4 Å². The fraction of sp³-hybridized carbons (Fsp3) is 0.353. The second-order valence-corrected chi connectivity index (χ2v) is 9.01. The molecule has 2 aromatic heterocycles. The number of nitrogens with zero attached hydrogens (tertiary/aromatic N) is 4. The monoisotopic (exact) mass is 444 g/mol. The van der Waals surface area contributed by atoms with Crippen molar-refractivity contribution in [3.8, 4) is 5.88 Å². The van der Waals surface area contributed by atoms with Crippen molar-refractivity contribution in [2.45, 2.75) is 17.5 Å². The summed E-state index contributed by atoms with van der Waals surface area (Å²) >= 11 is 0.945. The van der Waals surface area contributed by atoms with Gasteiger partial charge in [0, 0.05) is 25.1 Å². The van der Waals surface area contributed by atoms with Gasteiger partial charge >= 0.3 is 6.18 Å². The van der Waals surface area contributed by atoms with E-state index in [1.165, 1.54) is 22.5 Å². The Morgan fingerprint density at radius 3 is 2.76 bits per heavy atom. The van der Waals surface area contributed by atoms with E-state index in [1.54, 1.807) is 12.1 Å². The zero-order valence-electron chi connectivity index (χ0n) is 14.8. The summed E-state index contributed by atoms with van der Waals surface area (Å²) in [5, 5.41) is 0. The van der Waals surface area contributed by atoms with Gasteiger partial charge in [-0.1, -0.05) is 12.1 Å². The maximum Gasteiger partial charge on any atom is 0.433 e. The first-order chi connectivity index (χ1) is 13.7. The molecule has 1 unspecified atom stereocenters. The summed E-state index contributed by atoms with van der Waals surface area (Å²) in [4.78, 5) is 3.56. The molecular weight excluding hydrogens is 429 g/mol. The molecule has 1 aliphatic rings. The fourth-order valence-electron chi connectivity index (χ4n) is 3.14. The van der Waals surface area contributed by atoms with Gasteiger partial charge < -0.3 is 4.74 Å². The number of rotatable bonds is 5. The first kappa shape index (κ1) is 20.0. The fourth-order valence-corrected chi connectivity index (χ4v) is 5.42. The number of benzene rings is 1. The van der Waals surface area contributed by atoms with Gasteiger partial charge in [0.05, 0.1) is 18.3 Å². The van der Waals surface area contributed by atoms with Gasteiger partial charge in [-0.3, -0.25) is 0 Å². The van der Waals surface area contributed by atoms with Crippen LogP contribution in [-0.2, 0) is 16.2 Å². The molecule has 0 N–H and O–H groups in total. The van der Waals surface area contributed by atoms with Gasteiger partial charge in [-0.05, 0) is 24.6 Å². The average molecular weight is 444 g/mol. The van der Waals surface area contributed by atoms with Crippen molar-refractivity contribution < 1.29 is 26.3 Å². The van der Waals surface area contributed by atoms with E-state index in [1.807, 2.05) is 0 Å². The third kappa shape index (κ3) is 4.05. The summed E-state index contributed by atoms with van der Waals surface area (Å²) < 4.78 is 79.1. The predicted molar refractivity (Wildman–Crippen MR) is 99.0 cm³/mol. The van der Waals surface area contributed by atoms with E-state index in [2.05, 4.69) is 13.7 Å². The number of ether oxygens (including phenoxy) is 1. The lowest BCUT2D eigenvalue weighted by Crippen LogP contribution is -2.30. The first-order valence-electron chi connectivity index (χ1n) is 8.63. The Morgan fingerprint density at radius 2 is 1.97 bits per heavy atom. The zero-order valence-corrected chi connectivity index (χ0v) is 16.5. The number of pyridine rings is 1. The molecule has 0 saturated carbocycles. The minimum atomic E-state index is -4.55. The van der Waals surface area contributed by atoms with Crippen molar-refractivity contribution in [3.63, 3.8) is 0 Å². The molecule has 3 heterocycles. The number of hydrogen-bond acceptors (Lipinski definition) is 7. The van der Waals surface area contributed by atoms with Crippen LogP contribution in [0.4, 0.5) is 13.2 Å². The predicted octanol–water partition coefficient (Wildman–Crippen LogP) is 3.19. The maximum absolute atomic E-state index is 13.0. The van der Waals surface area contributed by atoms with Gasteiger partial charge in [0.2, 0.25) is 15.9 Å². The lowest BCUT2D eigenvalue weighted by Gasteiger charge is -2.17. The molecule has 1 fully saturated rings. The number of halogens is 3. The standard InChI is InChI=1S/C17H15F3N4O3S2/c18-17(19,20)14-5-2-6-15(21-14)27-10-11-7-8-24(9-11)29(25,26)13-4-1-3-12-16(13)23-28-22-12/h1-6,11H,7-10H2. The second kappa shape index (κ2) is 7.50. The maximum atomic E-state index is 13.0. The van der Waals surface area contributed by atoms with E-state index in [0.29, 0.717) is 24.0 Å². The van der Waals surface area contributed by atoms with Crippen molar-refractivity contribution >= 4 is 32.8 Å². The van der Waals surface area contributed by atoms with Crippen molar-refractivity contribution in [3.05, 3.63) is 42.1 Å². The normalized spacial score (nSPS) is 18.4. The highest BCUT2D eigenvalue weighted by Crippen LogP contribution is 2.30. The smallest absolute Gasteiger partial charge is 0.433 e. The van der Waals surface area contributed by atoms with Gasteiger partial charge in [-0.2, -0.15) is 26.2 Å². The van der Waals surface area contributed by atoms with Crippen molar-refractivity contribution in [2.75, 3.05) is 19.7 Å². The molecule has 4 rings (SSSR count). The minimum absolute atomic E-state index is 0.0722. The lowest BCUT2D eigenvalue weighted by atomic mass is 10.1. The number of aromatic nitrogens is 3. The van der Waals surface area contributed by atoms with Crippen LogP contribution >= 0.6 is 11.7 Å². The van der Waals surface area contributed by atoms with Crippen LogP contribution in [0.1, 0.15) is 12.1 Å². The first-order valence-corrected chi connectivity index (χ1v) is 10.8. The molecule has 0 bridgehead atoms. The van der Waals surface area contributed by atoms with Crippen LogP contribution in [0.3, 0.4) is 0 Å². The molecule has 29 heavy (non-hydrogen) atoms. The molecule has 0 spiro atoms. The third-order valence-electron chi connectivity index (χ3n) is 4.60. The highest BCUT2D eigenvalue weighted by Gasteiger charge is 2.35. The summed E-state index contributed by atoms with van der Waals surface area (Å²) in [6.07, 6.45) is -4.02. The number of sulfonamides is 1. The van der Waals surface area contributed by atoms with Crippen LogP contribution in [0.2, 0.25) is 0 Å². The summed E-state index contributed by atoms with van der Waals surface area (Å²) in [7, 11) is -3.76. The lowest BCUT2D eigenvalue weighted by molar-refractivity contribution is -0.141. The molecule has 1 aromatic carbocycles. The van der Waals surface area contributed by atoms with Crippen molar-refractivity contribution in [2.24, 2.45) is 5.92 Å². The highest BCUT2D eigenvalue weighted by atomic mass is 32.2. The summed E-state index contributed by atoms with van der Waals surface area (Å²) in [5.74, 6) is -0.298. The molecular formula is C17H15F3N4O3S2. The van der Waals surface area contributed by atoms with E-state index in [-0.39, 0.29) is 29.8 Å². The second-order valence-electron chi connectivity index (χ2n) is 6.58.